The average molecular weight is 622 g/mol. The number of nitrogens with zero attached hydrogens (tertiary/aromatic N) is 3. The number of halogens is 3. The van der Waals surface area contributed by atoms with E-state index >= 15 is 0 Å². The number of aromatic nitrogens is 2. The molecule has 2 aromatic heterocycles. The lowest BCUT2D eigenvalue weighted by molar-refractivity contribution is -0.137. The second kappa shape index (κ2) is 13.2. The Balaban J connectivity index is 1.05. The molecule has 238 valence electrons. The van der Waals surface area contributed by atoms with Crippen LogP contribution in [0, 0.1) is 0 Å². The van der Waals surface area contributed by atoms with Gasteiger partial charge in [-0.15, -0.1) is 0 Å². The number of benzene rings is 2. The fraction of sp³-hybridized carbons (Fsp3) is 0.412. The van der Waals surface area contributed by atoms with Crippen molar-refractivity contribution in [3.05, 3.63) is 83.7 Å². The molecule has 8 nitrogen and oxygen atoms in total. The number of β-amino-alcohol motifs (C(OH)–C–C–N with tert-alkyl or cyclic N) is 1. The summed E-state index contributed by atoms with van der Waals surface area (Å²) in [4.78, 5) is 18.7. The quantitative estimate of drug-likeness (QED) is 0.218. The fourth-order valence-corrected chi connectivity index (χ4v) is 6.57. The van der Waals surface area contributed by atoms with Gasteiger partial charge < -0.3 is 30.4 Å². The number of nitrogen functional groups attached to an aromatic ring is 1. The molecule has 0 unspecified atom stereocenters. The van der Waals surface area contributed by atoms with Gasteiger partial charge in [-0.25, -0.2) is 4.98 Å². The van der Waals surface area contributed by atoms with Crippen LogP contribution in [0.4, 0.5) is 19.0 Å². The molecule has 2 aromatic carbocycles. The van der Waals surface area contributed by atoms with Gasteiger partial charge in [-0.3, -0.25) is 4.79 Å². The molecule has 1 saturated carbocycles. The lowest BCUT2D eigenvalue weighted by atomic mass is 10.0. The number of alkyl halides is 3. The number of carbonyl (C=O) groups excluding carboxylic acids is 1. The number of ether oxygens (including phenoxy) is 1. The lowest BCUT2D eigenvalue weighted by Gasteiger charge is -2.32. The molecule has 2 aliphatic rings. The summed E-state index contributed by atoms with van der Waals surface area (Å²) >= 11 is 0. The van der Waals surface area contributed by atoms with Crippen molar-refractivity contribution in [2.24, 2.45) is 0 Å². The number of rotatable bonds is 9. The summed E-state index contributed by atoms with van der Waals surface area (Å²) in [6, 6.07) is 17.8. The normalized spacial score (nSPS) is 19.7. The van der Waals surface area contributed by atoms with E-state index in [0.717, 1.165) is 68.1 Å². The summed E-state index contributed by atoms with van der Waals surface area (Å²) in [6.45, 7) is 3.30. The second-order valence-electron chi connectivity index (χ2n) is 12.0. The molecule has 0 spiro atoms. The van der Waals surface area contributed by atoms with E-state index in [2.05, 4.69) is 62.4 Å². The van der Waals surface area contributed by atoms with E-state index in [1.165, 1.54) is 10.9 Å². The van der Waals surface area contributed by atoms with Crippen LogP contribution in [0.5, 0.6) is 0 Å². The Morgan fingerprint density at radius 1 is 1.02 bits per heavy atom. The number of pyridine rings is 1. The van der Waals surface area contributed by atoms with Crippen LogP contribution in [-0.2, 0) is 17.5 Å². The summed E-state index contributed by atoms with van der Waals surface area (Å²) in [7, 11) is 0. The zero-order valence-corrected chi connectivity index (χ0v) is 25.0. The van der Waals surface area contributed by atoms with Gasteiger partial charge >= 0.3 is 6.18 Å². The third-order valence-corrected chi connectivity index (χ3v) is 9.10. The number of hydrogen-bond acceptors (Lipinski definition) is 6. The molecule has 6 rings (SSSR count). The van der Waals surface area contributed by atoms with Crippen molar-refractivity contribution in [2.45, 2.75) is 63.1 Å². The average Bonchev–Trinajstić information content (AvgIpc) is 3.67. The number of aliphatic hydroxyl groups excluding tert-OH is 1. The first-order valence-electron chi connectivity index (χ1n) is 15.5. The van der Waals surface area contributed by atoms with Crippen molar-refractivity contribution in [1.29, 1.82) is 0 Å². The Bertz CT molecular complexity index is 1630. The number of nitrogens with two attached hydrogens (primary N) is 1. The van der Waals surface area contributed by atoms with Crippen LogP contribution in [-0.4, -0.2) is 63.9 Å². The van der Waals surface area contributed by atoms with Crippen molar-refractivity contribution in [1.82, 2.24) is 19.8 Å². The van der Waals surface area contributed by atoms with E-state index < -0.39 is 17.6 Å². The van der Waals surface area contributed by atoms with Gasteiger partial charge in [0.1, 0.15) is 5.82 Å². The summed E-state index contributed by atoms with van der Waals surface area (Å²) < 4.78 is 47.9. The summed E-state index contributed by atoms with van der Waals surface area (Å²) in [6.07, 6.45) is 2.31. The van der Waals surface area contributed by atoms with Crippen molar-refractivity contribution in [2.75, 3.05) is 32.0 Å². The second-order valence-corrected chi connectivity index (χ2v) is 12.0. The Morgan fingerprint density at radius 3 is 2.51 bits per heavy atom. The molecule has 4 aromatic rings. The number of fused-ring (bicyclic) bond motifs is 1. The van der Waals surface area contributed by atoms with E-state index in [1.54, 1.807) is 0 Å². The topological polar surface area (TPSA) is 106 Å². The maximum absolute atomic E-state index is 13.1. The number of piperidine rings is 1. The van der Waals surface area contributed by atoms with E-state index in [1.807, 2.05) is 12.1 Å². The Morgan fingerprint density at radius 2 is 1.78 bits per heavy atom. The van der Waals surface area contributed by atoms with E-state index in [9.17, 15) is 23.1 Å². The Kier molecular flexibility index (Phi) is 9.11. The van der Waals surface area contributed by atoms with E-state index in [-0.39, 0.29) is 30.1 Å². The third-order valence-electron chi connectivity index (χ3n) is 9.10. The SMILES string of the molecule is Nc1ncc(C(F)(F)F)cc1C(=O)N[C@H]1CCC[C@@H]1OCc1ccc(-c2ccc3c(ccn3C3CCN(CCO)CC3)c2)cc1. The van der Waals surface area contributed by atoms with Crippen molar-refractivity contribution in [3.63, 3.8) is 0 Å². The van der Waals surface area contributed by atoms with Gasteiger partial charge in [0, 0.05) is 49.0 Å². The van der Waals surface area contributed by atoms with Crippen LogP contribution in [0.3, 0.4) is 0 Å². The lowest BCUT2D eigenvalue weighted by Crippen LogP contribution is -2.41. The van der Waals surface area contributed by atoms with Crippen LogP contribution >= 0.6 is 0 Å². The third kappa shape index (κ3) is 7.00. The number of amides is 1. The molecule has 1 saturated heterocycles. The Hall–Kier alpha value is -3.93. The largest absolute Gasteiger partial charge is 0.417 e. The molecule has 2 fully saturated rings. The molecule has 1 aliphatic heterocycles. The van der Waals surface area contributed by atoms with Crippen LogP contribution < -0.4 is 11.1 Å². The maximum Gasteiger partial charge on any atom is 0.417 e. The smallest absolute Gasteiger partial charge is 0.395 e. The molecule has 45 heavy (non-hydrogen) atoms. The first-order chi connectivity index (χ1) is 21.7. The minimum Gasteiger partial charge on any atom is -0.395 e. The monoisotopic (exact) mass is 621 g/mol. The van der Waals surface area contributed by atoms with Gasteiger partial charge in [0.15, 0.2) is 0 Å². The first-order valence-corrected chi connectivity index (χ1v) is 15.5. The summed E-state index contributed by atoms with van der Waals surface area (Å²) in [5.41, 5.74) is 8.87. The van der Waals surface area contributed by atoms with Crippen LogP contribution in [0.2, 0.25) is 0 Å². The zero-order chi connectivity index (χ0) is 31.6. The predicted octanol–water partition coefficient (Wildman–Crippen LogP) is 5.80. The number of nitrogens with one attached hydrogen (secondary N) is 1. The first kappa shape index (κ1) is 31.1. The van der Waals surface area contributed by atoms with Gasteiger partial charge in [-0.05, 0) is 73.1 Å². The van der Waals surface area contributed by atoms with Gasteiger partial charge in [0.05, 0.1) is 36.5 Å². The fourth-order valence-electron chi connectivity index (χ4n) is 6.57. The van der Waals surface area contributed by atoms with Gasteiger partial charge in [0.2, 0.25) is 0 Å². The highest BCUT2D eigenvalue weighted by molar-refractivity contribution is 5.98. The van der Waals surface area contributed by atoms with Gasteiger partial charge in [-0.1, -0.05) is 30.3 Å². The van der Waals surface area contributed by atoms with Gasteiger partial charge in [-0.2, -0.15) is 13.2 Å². The number of hydrogen-bond donors (Lipinski definition) is 3. The standard InChI is InChI=1S/C34H38F3N5O3/c35-34(36,37)26-19-28(32(38)39-20-26)33(44)40-29-2-1-3-31(29)45-21-22-4-6-23(7-5-22)24-8-9-30-25(18-24)10-15-42(30)27-11-13-41(14-12-27)16-17-43/h4-10,15,18-20,27,29,31,43H,1-3,11-14,16-17,21H2,(H2,38,39)(H,40,44)/t29-,31-/m0/s1. The molecule has 3 heterocycles. The number of anilines is 1. The summed E-state index contributed by atoms with van der Waals surface area (Å²) in [5.74, 6) is -0.935. The molecular formula is C34H38F3N5O3. The molecule has 0 radical (unpaired) electrons. The van der Waals surface area contributed by atoms with Crippen molar-refractivity contribution < 1.29 is 27.8 Å². The molecule has 0 bridgehead atoms. The number of aliphatic hydroxyl groups is 1. The number of likely N-dealkylation sites (tertiary alicyclic amines) is 1. The van der Waals surface area contributed by atoms with E-state index in [0.29, 0.717) is 25.3 Å². The molecular weight excluding hydrogens is 583 g/mol. The summed E-state index contributed by atoms with van der Waals surface area (Å²) in [5, 5.41) is 13.2. The zero-order valence-electron chi connectivity index (χ0n) is 25.0. The van der Waals surface area contributed by atoms with Crippen molar-refractivity contribution in [3.8, 4) is 11.1 Å². The highest BCUT2D eigenvalue weighted by Crippen LogP contribution is 2.32. The van der Waals surface area contributed by atoms with Crippen LogP contribution in [0.1, 0.15) is 59.6 Å². The van der Waals surface area contributed by atoms with Crippen molar-refractivity contribution >= 4 is 22.6 Å². The minimum atomic E-state index is -4.62. The Labute approximate surface area is 260 Å². The minimum absolute atomic E-state index is 0.206. The molecule has 11 heteroatoms. The molecule has 1 aliphatic carbocycles. The van der Waals surface area contributed by atoms with E-state index in [4.69, 9.17) is 10.5 Å². The number of carbonyl (C=O) groups is 1. The molecule has 2 atom stereocenters. The molecule has 1 amide bonds. The predicted molar refractivity (Wildman–Crippen MR) is 167 cm³/mol. The van der Waals surface area contributed by atoms with Crippen LogP contribution in [0.15, 0.2) is 67.0 Å². The highest BCUT2D eigenvalue weighted by Gasteiger charge is 2.34. The highest BCUT2D eigenvalue weighted by atomic mass is 19.4. The van der Waals surface area contributed by atoms with Crippen LogP contribution in [0.25, 0.3) is 22.0 Å². The molecule has 4 N–H and O–H groups in total. The van der Waals surface area contributed by atoms with Gasteiger partial charge in [0.25, 0.3) is 5.91 Å². The maximum atomic E-state index is 13.1.